The van der Waals surface area contributed by atoms with Gasteiger partial charge in [-0.25, -0.2) is 0 Å². The number of thioether (sulfide) groups is 1. The van der Waals surface area contributed by atoms with Crippen molar-refractivity contribution in [2.24, 2.45) is 0 Å². The van der Waals surface area contributed by atoms with Gasteiger partial charge >= 0.3 is 0 Å². The maximum absolute atomic E-state index is 2.27. The first-order valence-corrected chi connectivity index (χ1v) is 3.64. The van der Waals surface area contributed by atoms with Crippen molar-refractivity contribution in [2.45, 2.75) is 25.0 Å². The Morgan fingerprint density at radius 1 is 1.71 bits per heavy atom. The van der Waals surface area contributed by atoms with Crippen molar-refractivity contribution in [2.75, 3.05) is 0 Å². The predicted molar refractivity (Wildman–Crippen MR) is 35.4 cm³/mol. The highest BCUT2D eigenvalue weighted by Crippen LogP contribution is 2.21. The molecule has 0 spiro atoms. The third kappa shape index (κ3) is 1.56. The van der Waals surface area contributed by atoms with Gasteiger partial charge in [0.1, 0.15) is 0 Å². The average Bonchev–Trinajstić information content (AvgIpc) is 1.69. The lowest BCUT2D eigenvalue weighted by atomic mass is 10.2. The van der Waals surface area contributed by atoms with Gasteiger partial charge in [0.05, 0.1) is 0 Å². The zero-order valence-electron chi connectivity index (χ0n) is 4.55. The highest BCUT2D eigenvalue weighted by Gasteiger charge is 2.00. The lowest BCUT2D eigenvalue weighted by Crippen LogP contribution is -1.95. The van der Waals surface area contributed by atoms with Gasteiger partial charge in [-0.05, 0) is 18.2 Å². The summed E-state index contributed by atoms with van der Waals surface area (Å²) in [6.07, 6.45) is 4.89. The third-order valence-electron chi connectivity index (χ3n) is 1.15. The van der Waals surface area contributed by atoms with E-state index in [9.17, 15) is 0 Å². The van der Waals surface area contributed by atoms with E-state index < -0.39 is 0 Å². The first kappa shape index (κ1) is 5.23. The molecule has 0 aromatic heterocycles. The number of rotatable bonds is 0. The van der Waals surface area contributed by atoms with Gasteiger partial charge in [-0.3, -0.25) is 0 Å². The van der Waals surface area contributed by atoms with Crippen molar-refractivity contribution in [3.05, 3.63) is 11.5 Å². The van der Waals surface area contributed by atoms with E-state index in [1.54, 1.807) is 0 Å². The summed E-state index contributed by atoms with van der Waals surface area (Å²) in [5.74, 6) is 0. The molecule has 1 aliphatic rings. The second-order valence-electron chi connectivity index (χ2n) is 1.90. The number of allylic oxidation sites excluding steroid dienone is 1. The molecule has 0 fully saturated rings. The zero-order chi connectivity index (χ0) is 5.11. The fourth-order valence-corrected chi connectivity index (χ4v) is 1.44. The van der Waals surface area contributed by atoms with Crippen LogP contribution in [-0.2, 0) is 0 Å². The molecule has 0 aromatic rings. The maximum atomic E-state index is 2.27. The molecule has 1 rings (SSSR count). The van der Waals surface area contributed by atoms with E-state index in [1.807, 2.05) is 11.8 Å². The predicted octanol–water partition coefficient (Wildman–Crippen LogP) is 2.42. The lowest BCUT2D eigenvalue weighted by molar-refractivity contribution is 0.827. The molecule has 0 nitrogen and oxygen atoms in total. The van der Waals surface area contributed by atoms with Crippen LogP contribution in [0, 0.1) is 0 Å². The molecule has 0 bridgehead atoms. The van der Waals surface area contributed by atoms with Gasteiger partial charge in [0.25, 0.3) is 0 Å². The molecule has 1 aliphatic heterocycles. The van der Waals surface area contributed by atoms with E-state index in [0.717, 1.165) is 5.25 Å². The molecule has 0 aliphatic carbocycles. The minimum Gasteiger partial charge on any atom is -0.131 e. The van der Waals surface area contributed by atoms with Crippen LogP contribution in [0.2, 0.25) is 0 Å². The summed E-state index contributed by atoms with van der Waals surface area (Å²) in [7, 11) is 0. The molecular formula is C6H10S. The van der Waals surface area contributed by atoms with E-state index in [1.165, 1.54) is 12.8 Å². The Kier molecular flexibility index (Phi) is 1.80. The van der Waals surface area contributed by atoms with Crippen molar-refractivity contribution in [1.82, 2.24) is 0 Å². The number of hydrogen-bond donors (Lipinski definition) is 0. The van der Waals surface area contributed by atoms with E-state index in [4.69, 9.17) is 0 Å². The van der Waals surface area contributed by atoms with Crippen molar-refractivity contribution in [1.29, 1.82) is 0 Å². The van der Waals surface area contributed by atoms with E-state index in [2.05, 4.69) is 18.4 Å². The van der Waals surface area contributed by atoms with Crippen LogP contribution in [-0.4, -0.2) is 5.25 Å². The largest absolute Gasteiger partial charge is 0.131 e. The van der Waals surface area contributed by atoms with Crippen LogP contribution in [0.15, 0.2) is 11.5 Å². The minimum absolute atomic E-state index is 0.866. The summed E-state index contributed by atoms with van der Waals surface area (Å²) >= 11 is 1.94. The van der Waals surface area contributed by atoms with Gasteiger partial charge in [0.15, 0.2) is 0 Å². The Bertz CT molecular complexity index is 76.2. The second-order valence-corrected chi connectivity index (χ2v) is 3.24. The van der Waals surface area contributed by atoms with Crippen LogP contribution in [0.4, 0.5) is 0 Å². The standard InChI is InChI=1S/C6H10S/c1-6-4-2-3-5-7-6/h3,5-6H,2,4H2,1H3. The van der Waals surface area contributed by atoms with Gasteiger partial charge < -0.3 is 0 Å². The molecule has 0 aromatic carbocycles. The quantitative estimate of drug-likeness (QED) is 0.466. The van der Waals surface area contributed by atoms with E-state index in [0.29, 0.717) is 0 Å². The first-order chi connectivity index (χ1) is 3.39. The summed E-state index contributed by atoms with van der Waals surface area (Å²) in [6.45, 7) is 2.27. The van der Waals surface area contributed by atoms with Crippen LogP contribution in [0.1, 0.15) is 19.8 Å². The molecule has 0 saturated carbocycles. The van der Waals surface area contributed by atoms with Gasteiger partial charge in [-0.2, -0.15) is 0 Å². The van der Waals surface area contributed by atoms with Crippen LogP contribution in [0.5, 0.6) is 0 Å². The summed E-state index contributed by atoms with van der Waals surface area (Å²) in [4.78, 5) is 0. The topological polar surface area (TPSA) is 0 Å². The SMILES string of the molecule is CC1CCC=CS1. The molecule has 0 saturated heterocycles. The Morgan fingerprint density at radius 2 is 2.57 bits per heavy atom. The van der Waals surface area contributed by atoms with Gasteiger partial charge in [-0.1, -0.05) is 13.0 Å². The summed E-state index contributed by atoms with van der Waals surface area (Å²) in [5.41, 5.74) is 0. The number of hydrogen-bond acceptors (Lipinski definition) is 1. The smallest absolute Gasteiger partial charge is 0.00629 e. The fraction of sp³-hybridized carbons (Fsp3) is 0.667. The third-order valence-corrected chi connectivity index (χ3v) is 2.20. The van der Waals surface area contributed by atoms with Gasteiger partial charge in [0, 0.05) is 5.25 Å². The molecule has 1 heterocycles. The molecule has 1 heteroatoms. The zero-order valence-corrected chi connectivity index (χ0v) is 5.37. The second kappa shape index (κ2) is 2.41. The molecule has 1 atom stereocenters. The Morgan fingerprint density at radius 3 is 2.86 bits per heavy atom. The van der Waals surface area contributed by atoms with E-state index >= 15 is 0 Å². The highest BCUT2D eigenvalue weighted by molar-refractivity contribution is 8.02. The molecule has 1 unspecified atom stereocenters. The van der Waals surface area contributed by atoms with Gasteiger partial charge in [-0.15, -0.1) is 11.8 Å². The molecule has 7 heavy (non-hydrogen) atoms. The van der Waals surface area contributed by atoms with Crippen LogP contribution >= 0.6 is 11.8 Å². The normalized spacial score (nSPS) is 30.7. The minimum atomic E-state index is 0.866. The van der Waals surface area contributed by atoms with E-state index in [-0.39, 0.29) is 0 Å². The van der Waals surface area contributed by atoms with Crippen molar-refractivity contribution < 1.29 is 0 Å². The first-order valence-electron chi connectivity index (χ1n) is 2.70. The fourth-order valence-electron chi connectivity index (χ4n) is 0.657. The Labute approximate surface area is 49.0 Å². The maximum Gasteiger partial charge on any atom is 0.00629 e. The van der Waals surface area contributed by atoms with Crippen molar-refractivity contribution in [3.8, 4) is 0 Å². The van der Waals surface area contributed by atoms with Crippen LogP contribution < -0.4 is 0 Å². The van der Waals surface area contributed by atoms with Crippen molar-refractivity contribution >= 4 is 11.8 Å². The molecule has 40 valence electrons. The Hall–Kier alpha value is 0.0900. The molecule has 0 radical (unpaired) electrons. The van der Waals surface area contributed by atoms with Gasteiger partial charge in [0.2, 0.25) is 0 Å². The molecule has 0 amide bonds. The summed E-state index contributed by atoms with van der Waals surface area (Å²) in [5, 5.41) is 3.07. The molecule has 0 N–H and O–H groups in total. The summed E-state index contributed by atoms with van der Waals surface area (Å²) in [6, 6.07) is 0. The van der Waals surface area contributed by atoms with Crippen LogP contribution in [0.25, 0.3) is 0 Å². The van der Waals surface area contributed by atoms with Crippen molar-refractivity contribution in [3.63, 3.8) is 0 Å². The summed E-state index contributed by atoms with van der Waals surface area (Å²) < 4.78 is 0. The lowest BCUT2D eigenvalue weighted by Gasteiger charge is -2.09. The Balaban J connectivity index is 2.32. The monoisotopic (exact) mass is 114 g/mol. The average molecular weight is 114 g/mol. The highest BCUT2D eigenvalue weighted by atomic mass is 32.2. The molecular weight excluding hydrogens is 104 g/mol. The van der Waals surface area contributed by atoms with Crippen LogP contribution in [0.3, 0.4) is 0 Å².